The van der Waals surface area contributed by atoms with Crippen LogP contribution in [0.15, 0.2) is 12.2 Å². The summed E-state index contributed by atoms with van der Waals surface area (Å²) in [4.78, 5) is 10.5. The van der Waals surface area contributed by atoms with Crippen molar-refractivity contribution >= 4 is 5.97 Å². The van der Waals surface area contributed by atoms with Crippen molar-refractivity contribution in [3.63, 3.8) is 0 Å². The Labute approximate surface area is 112 Å². The summed E-state index contributed by atoms with van der Waals surface area (Å²) >= 11 is 0. The van der Waals surface area contributed by atoms with E-state index in [2.05, 4.69) is 41.2 Å². The zero-order chi connectivity index (χ0) is 14.3. The molecule has 2 heteroatoms. The molecule has 0 spiro atoms. The predicted octanol–water partition coefficient (Wildman–Crippen LogP) is 4.90. The van der Waals surface area contributed by atoms with Gasteiger partial charge >= 0.3 is 5.97 Å². The van der Waals surface area contributed by atoms with Gasteiger partial charge in [-0.05, 0) is 30.1 Å². The Hall–Kier alpha value is -0.790. The molecule has 0 aromatic heterocycles. The number of carbonyl (C=O) groups is 1. The fourth-order valence-corrected chi connectivity index (χ4v) is 1.88. The van der Waals surface area contributed by atoms with Crippen molar-refractivity contribution < 1.29 is 9.90 Å². The molecule has 1 N–H and O–H groups in total. The van der Waals surface area contributed by atoms with Crippen molar-refractivity contribution in [2.45, 2.75) is 66.7 Å². The van der Waals surface area contributed by atoms with Crippen molar-refractivity contribution in [3.05, 3.63) is 12.2 Å². The van der Waals surface area contributed by atoms with Crippen molar-refractivity contribution in [2.75, 3.05) is 0 Å². The van der Waals surface area contributed by atoms with E-state index in [9.17, 15) is 4.79 Å². The Balaban J connectivity index is 3.86. The van der Waals surface area contributed by atoms with Crippen LogP contribution in [0.25, 0.3) is 0 Å². The molecule has 106 valence electrons. The van der Waals surface area contributed by atoms with Gasteiger partial charge in [0.25, 0.3) is 0 Å². The smallest absolute Gasteiger partial charge is 0.303 e. The summed E-state index contributed by atoms with van der Waals surface area (Å²) in [6.07, 6.45) is 4.39. The zero-order valence-corrected chi connectivity index (χ0v) is 12.8. The van der Waals surface area contributed by atoms with E-state index >= 15 is 0 Å². The summed E-state index contributed by atoms with van der Waals surface area (Å²) in [6, 6.07) is 0. The molecule has 0 rings (SSSR count). The number of hydrogen-bond acceptors (Lipinski definition) is 1. The molecule has 0 radical (unpaired) electrons. The van der Waals surface area contributed by atoms with Gasteiger partial charge < -0.3 is 5.11 Å². The number of carboxylic acid groups (broad SMARTS) is 1. The lowest BCUT2D eigenvalue weighted by Crippen LogP contribution is -2.17. The van der Waals surface area contributed by atoms with Gasteiger partial charge in [-0.15, -0.1) is 0 Å². The summed E-state index contributed by atoms with van der Waals surface area (Å²) in [5, 5.41) is 8.64. The molecule has 0 heterocycles. The molecular weight excluding hydrogens is 224 g/mol. The Morgan fingerprint density at radius 3 is 2.17 bits per heavy atom. The molecule has 0 fully saturated rings. The first-order valence-corrected chi connectivity index (χ1v) is 7.04. The van der Waals surface area contributed by atoms with E-state index in [1.807, 2.05) is 0 Å². The highest BCUT2D eigenvalue weighted by Gasteiger charge is 2.19. The van der Waals surface area contributed by atoms with Crippen LogP contribution in [0.1, 0.15) is 66.7 Å². The maximum Gasteiger partial charge on any atom is 0.303 e. The van der Waals surface area contributed by atoms with Crippen LogP contribution in [-0.4, -0.2) is 11.1 Å². The number of carboxylic acids is 1. The highest BCUT2D eigenvalue weighted by molar-refractivity contribution is 5.67. The molecule has 2 atom stereocenters. The number of aliphatic carboxylic acids is 1. The first kappa shape index (κ1) is 17.2. The average Bonchev–Trinajstić information content (AvgIpc) is 2.23. The molecule has 0 aromatic carbocycles. The number of rotatable bonds is 8. The normalized spacial score (nSPS) is 15.2. The van der Waals surface area contributed by atoms with Crippen LogP contribution in [0.2, 0.25) is 0 Å². The first-order chi connectivity index (χ1) is 8.14. The third kappa shape index (κ3) is 7.52. The van der Waals surface area contributed by atoms with Crippen molar-refractivity contribution in [2.24, 2.45) is 17.3 Å². The Morgan fingerprint density at radius 2 is 1.72 bits per heavy atom. The van der Waals surface area contributed by atoms with Crippen molar-refractivity contribution in [1.29, 1.82) is 0 Å². The summed E-state index contributed by atoms with van der Waals surface area (Å²) in [5.74, 6) is 0.429. The molecule has 0 bridgehead atoms. The van der Waals surface area contributed by atoms with Crippen LogP contribution in [0, 0.1) is 17.3 Å². The average molecular weight is 254 g/mol. The maximum atomic E-state index is 10.5. The molecule has 0 aliphatic rings. The Bertz CT molecular complexity index is 273. The highest BCUT2D eigenvalue weighted by atomic mass is 16.4. The van der Waals surface area contributed by atoms with Gasteiger partial charge in [-0.2, -0.15) is 0 Å². The van der Waals surface area contributed by atoms with E-state index in [0.717, 1.165) is 17.9 Å². The lowest BCUT2D eigenvalue weighted by molar-refractivity contribution is -0.136. The second-order valence-corrected chi connectivity index (χ2v) is 6.65. The minimum atomic E-state index is -0.732. The summed E-state index contributed by atoms with van der Waals surface area (Å²) in [5.41, 5.74) is 1.46. The summed E-state index contributed by atoms with van der Waals surface area (Å²) in [7, 11) is 0. The topological polar surface area (TPSA) is 37.3 Å². The minimum absolute atomic E-state index is 0.210. The molecule has 0 aromatic rings. The van der Waals surface area contributed by atoms with E-state index in [4.69, 9.17) is 5.11 Å². The lowest BCUT2D eigenvalue weighted by Gasteiger charge is -2.27. The molecule has 0 saturated heterocycles. The second kappa shape index (κ2) is 7.60. The number of allylic oxidation sites excluding steroid dienone is 1. The SMILES string of the molecule is C=C(CCC(=O)O)C(C)CCCC(C)C(C)(C)C. The Kier molecular flexibility index (Phi) is 7.27. The highest BCUT2D eigenvalue weighted by Crippen LogP contribution is 2.30. The van der Waals surface area contributed by atoms with Gasteiger partial charge in [-0.1, -0.05) is 59.6 Å². The molecule has 2 unspecified atom stereocenters. The van der Waals surface area contributed by atoms with Crippen LogP contribution in [0.5, 0.6) is 0 Å². The molecule has 0 amide bonds. The summed E-state index contributed by atoms with van der Waals surface area (Å²) < 4.78 is 0. The quantitative estimate of drug-likeness (QED) is 0.626. The minimum Gasteiger partial charge on any atom is -0.481 e. The molecule has 0 aliphatic carbocycles. The first-order valence-electron chi connectivity index (χ1n) is 7.04. The van der Waals surface area contributed by atoms with E-state index in [1.165, 1.54) is 12.8 Å². The van der Waals surface area contributed by atoms with Gasteiger partial charge in [-0.3, -0.25) is 4.79 Å². The van der Waals surface area contributed by atoms with Gasteiger partial charge in [-0.25, -0.2) is 0 Å². The van der Waals surface area contributed by atoms with Gasteiger partial charge in [0.15, 0.2) is 0 Å². The Morgan fingerprint density at radius 1 is 1.17 bits per heavy atom. The predicted molar refractivity (Wildman–Crippen MR) is 77.6 cm³/mol. The third-order valence-electron chi connectivity index (χ3n) is 4.11. The van der Waals surface area contributed by atoms with Crippen LogP contribution in [0.4, 0.5) is 0 Å². The number of hydrogen-bond donors (Lipinski definition) is 1. The molecule has 18 heavy (non-hydrogen) atoms. The standard InChI is InChI=1S/C16H30O2/c1-12(13(2)10-11-15(17)18)8-7-9-14(3)16(4,5)6/h12,14H,2,7-11H2,1,3-6H3,(H,17,18). The lowest BCUT2D eigenvalue weighted by atomic mass is 9.78. The van der Waals surface area contributed by atoms with Gasteiger partial charge in [0.2, 0.25) is 0 Å². The summed E-state index contributed by atoms with van der Waals surface area (Å²) in [6.45, 7) is 15.3. The molecule has 0 aliphatic heterocycles. The fourth-order valence-electron chi connectivity index (χ4n) is 1.88. The van der Waals surface area contributed by atoms with Crippen molar-refractivity contribution in [1.82, 2.24) is 0 Å². The second-order valence-electron chi connectivity index (χ2n) is 6.65. The fraction of sp³-hybridized carbons (Fsp3) is 0.812. The molecular formula is C16H30O2. The van der Waals surface area contributed by atoms with Gasteiger partial charge in [0.1, 0.15) is 0 Å². The van der Waals surface area contributed by atoms with Crippen molar-refractivity contribution in [3.8, 4) is 0 Å². The van der Waals surface area contributed by atoms with E-state index in [-0.39, 0.29) is 6.42 Å². The largest absolute Gasteiger partial charge is 0.481 e. The van der Waals surface area contributed by atoms with Gasteiger partial charge in [0, 0.05) is 6.42 Å². The van der Waals surface area contributed by atoms with E-state index in [0.29, 0.717) is 17.8 Å². The third-order valence-corrected chi connectivity index (χ3v) is 4.11. The van der Waals surface area contributed by atoms with Crippen LogP contribution in [-0.2, 0) is 4.79 Å². The van der Waals surface area contributed by atoms with Gasteiger partial charge in [0.05, 0.1) is 0 Å². The maximum absolute atomic E-state index is 10.5. The van der Waals surface area contributed by atoms with Crippen LogP contribution >= 0.6 is 0 Å². The van der Waals surface area contributed by atoms with E-state index in [1.54, 1.807) is 0 Å². The zero-order valence-electron chi connectivity index (χ0n) is 12.8. The molecule has 2 nitrogen and oxygen atoms in total. The molecule has 0 saturated carbocycles. The van der Waals surface area contributed by atoms with E-state index < -0.39 is 5.97 Å². The van der Waals surface area contributed by atoms with Crippen LogP contribution < -0.4 is 0 Å². The van der Waals surface area contributed by atoms with Crippen LogP contribution in [0.3, 0.4) is 0 Å². The monoisotopic (exact) mass is 254 g/mol.